The molecule has 0 saturated heterocycles. The summed E-state index contributed by atoms with van der Waals surface area (Å²) in [4.78, 5) is 3.46. The molecule has 0 aliphatic heterocycles. The van der Waals surface area contributed by atoms with Crippen LogP contribution in [0.3, 0.4) is 0 Å². The fraction of sp³-hybridized carbons (Fsp3) is 0.444. The molecule has 0 amide bonds. The molecule has 0 N–H and O–H groups in total. The monoisotopic (exact) mass is 205 g/mol. The summed E-state index contributed by atoms with van der Waals surface area (Å²) in [5, 5.41) is 0. The van der Waals surface area contributed by atoms with Crippen molar-refractivity contribution in [3.63, 3.8) is 0 Å². The third kappa shape index (κ3) is 2.61. The van der Waals surface area contributed by atoms with Crippen LogP contribution in [-0.4, -0.2) is 11.6 Å². The number of rotatable bonds is 3. The fourth-order valence-electron chi connectivity index (χ4n) is 1.04. The number of aromatic nitrogens is 1. The molecule has 1 aromatic rings. The Morgan fingerprint density at radius 2 is 2.00 bits per heavy atom. The Hall–Kier alpha value is -1.26. The standard InChI is InChI=1S/C9H10F3NO/c1-5(2)7-3-6(10)4-13-8(7)14-9(11)12/h3-5,9H,1-2H3. The third-order valence-electron chi connectivity index (χ3n) is 1.67. The van der Waals surface area contributed by atoms with Crippen LogP contribution in [0.15, 0.2) is 12.3 Å². The van der Waals surface area contributed by atoms with E-state index in [1.54, 1.807) is 13.8 Å². The van der Waals surface area contributed by atoms with Crippen molar-refractivity contribution in [1.29, 1.82) is 0 Å². The van der Waals surface area contributed by atoms with E-state index < -0.39 is 12.4 Å². The molecule has 1 heterocycles. The van der Waals surface area contributed by atoms with Crippen molar-refractivity contribution in [2.75, 3.05) is 0 Å². The van der Waals surface area contributed by atoms with Gasteiger partial charge < -0.3 is 4.74 Å². The van der Waals surface area contributed by atoms with Crippen LogP contribution in [0, 0.1) is 5.82 Å². The van der Waals surface area contributed by atoms with Crippen LogP contribution in [0.2, 0.25) is 0 Å². The van der Waals surface area contributed by atoms with Crippen LogP contribution >= 0.6 is 0 Å². The molecule has 1 aromatic heterocycles. The van der Waals surface area contributed by atoms with Crippen molar-refractivity contribution in [2.45, 2.75) is 26.4 Å². The second-order valence-electron chi connectivity index (χ2n) is 3.08. The molecule has 1 rings (SSSR count). The molecular weight excluding hydrogens is 195 g/mol. The van der Waals surface area contributed by atoms with Gasteiger partial charge in [-0.25, -0.2) is 9.37 Å². The first-order valence-corrected chi connectivity index (χ1v) is 4.11. The molecule has 0 aliphatic rings. The second-order valence-corrected chi connectivity index (χ2v) is 3.08. The average molecular weight is 205 g/mol. The first-order valence-electron chi connectivity index (χ1n) is 4.11. The van der Waals surface area contributed by atoms with E-state index in [1.165, 1.54) is 0 Å². The number of hydrogen-bond donors (Lipinski definition) is 0. The summed E-state index contributed by atoms with van der Waals surface area (Å²) in [6, 6.07) is 1.15. The third-order valence-corrected chi connectivity index (χ3v) is 1.67. The quantitative estimate of drug-likeness (QED) is 0.756. The Kier molecular flexibility index (Phi) is 3.33. The van der Waals surface area contributed by atoms with Gasteiger partial charge in [0.25, 0.3) is 0 Å². The number of ether oxygens (including phenoxy) is 1. The first kappa shape index (κ1) is 10.8. The van der Waals surface area contributed by atoms with Gasteiger partial charge in [0.2, 0.25) is 5.88 Å². The summed E-state index contributed by atoms with van der Waals surface area (Å²) in [6.45, 7) is 0.550. The van der Waals surface area contributed by atoms with Crippen molar-refractivity contribution in [3.05, 3.63) is 23.6 Å². The zero-order valence-corrected chi connectivity index (χ0v) is 7.80. The van der Waals surface area contributed by atoms with Crippen LogP contribution in [0.4, 0.5) is 13.2 Å². The van der Waals surface area contributed by atoms with Gasteiger partial charge in [-0.05, 0) is 12.0 Å². The van der Waals surface area contributed by atoms with E-state index in [0.29, 0.717) is 5.56 Å². The molecule has 0 fully saturated rings. The summed E-state index contributed by atoms with van der Waals surface area (Å²) >= 11 is 0. The zero-order valence-electron chi connectivity index (χ0n) is 7.80. The number of alkyl halides is 2. The molecule has 14 heavy (non-hydrogen) atoms. The minimum Gasteiger partial charge on any atom is -0.417 e. The molecule has 0 radical (unpaired) electrons. The first-order chi connectivity index (χ1) is 6.50. The van der Waals surface area contributed by atoms with Crippen LogP contribution < -0.4 is 4.74 Å². The van der Waals surface area contributed by atoms with Gasteiger partial charge in [0.15, 0.2) is 0 Å². The van der Waals surface area contributed by atoms with Gasteiger partial charge in [0, 0.05) is 5.56 Å². The molecule has 0 saturated carbocycles. The van der Waals surface area contributed by atoms with Crippen LogP contribution in [-0.2, 0) is 0 Å². The van der Waals surface area contributed by atoms with E-state index >= 15 is 0 Å². The van der Waals surface area contributed by atoms with Gasteiger partial charge in [-0.2, -0.15) is 8.78 Å². The van der Waals surface area contributed by atoms with E-state index in [2.05, 4.69) is 9.72 Å². The number of halogens is 3. The molecule has 0 atom stereocenters. The van der Waals surface area contributed by atoms with E-state index in [4.69, 9.17) is 0 Å². The molecule has 0 spiro atoms. The summed E-state index contributed by atoms with van der Waals surface area (Å²) in [7, 11) is 0. The van der Waals surface area contributed by atoms with E-state index in [1.807, 2.05) is 0 Å². The van der Waals surface area contributed by atoms with Crippen LogP contribution in [0.5, 0.6) is 5.88 Å². The van der Waals surface area contributed by atoms with Crippen molar-refractivity contribution in [2.24, 2.45) is 0 Å². The maximum Gasteiger partial charge on any atom is 0.388 e. The molecule has 0 aliphatic carbocycles. The topological polar surface area (TPSA) is 22.1 Å². The lowest BCUT2D eigenvalue weighted by molar-refractivity contribution is -0.0537. The minimum atomic E-state index is -2.94. The zero-order chi connectivity index (χ0) is 10.7. The Balaban J connectivity index is 3.02. The maximum atomic E-state index is 12.7. The SMILES string of the molecule is CC(C)c1cc(F)cnc1OC(F)F. The highest BCUT2D eigenvalue weighted by atomic mass is 19.3. The number of nitrogens with zero attached hydrogens (tertiary/aromatic N) is 1. The molecule has 5 heteroatoms. The van der Waals surface area contributed by atoms with E-state index in [0.717, 1.165) is 12.3 Å². The van der Waals surface area contributed by atoms with E-state index in [-0.39, 0.29) is 11.8 Å². The summed E-state index contributed by atoms with van der Waals surface area (Å²) < 4.78 is 40.7. The highest BCUT2D eigenvalue weighted by Crippen LogP contribution is 2.25. The second kappa shape index (κ2) is 4.30. The van der Waals surface area contributed by atoms with Crippen molar-refractivity contribution >= 4 is 0 Å². The molecule has 0 unspecified atom stereocenters. The van der Waals surface area contributed by atoms with Crippen LogP contribution in [0.25, 0.3) is 0 Å². The average Bonchev–Trinajstić information content (AvgIpc) is 2.07. The fourth-order valence-corrected chi connectivity index (χ4v) is 1.04. The highest BCUT2D eigenvalue weighted by Gasteiger charge is 2.14. The Labute approximate surface area is 79.7 Å². The summed E-state index contributed by atoms with van der Waals surface area (Å²) in [5.41, 5.74) is 0.338. The van der Waals surface area contributed by atoms with Gasteiger partial charge in [-0.15, -0.1) is 0 Å². The predicted molar refractivity (Wildman–Crippen MR) is 44.9 cm³/mol. The molecule has 0 aromatic carbocycles. The van der Waals surface area contributed by atoms with Crippen LogP contribution in [0.1, 0.15) is 25.3 Å². The summed E-state index contributed by atoms with van der Waals surface area (Å²) in [6.07, 6.45) is 0.851. The Morgan fingerprint density at radius 1 is 1.36 bits per heavy atom. The van der Waals surface area contributed by atoms with Gasteiger partial charge in [0.1, 0.15) is 5.82 Å². The molecule has 2 nitrogen and oxygen atoms in total. The van der Waals surface area contributed by atoms with E-state index in [9.17, 15) is 13.2 Å². The van der Waals surface area contributed by atoms with Gasteiger partial charge >= 0.3 is 6.61 Å². The smallest absolute Gasteiger partial charge is 0.388 e. The van der Waals surface area contributed by atoms with Crippen molar-refractivity contribution in [3.8, 4) is 5.88 Å². The summed E-state index contributed by atoms with van der Waals surface area (Å²) in [5.74, 6) is -0.890. The predicted octanol–water partition coefficient (Wildman–Crippen LogP) is 2.95. The van der Waals surface area contributed by atoms with Gasteiger partial charge in [-0.3, -0.25) is 0 Å². The maximum absolute atomic E-state index is 12.7. The molecule has 0 bridgehead atoms. The Bertz CT molecular complexity index is 315. The minimum absolute atomic E-state index is 0.119. The largest absolute Gasteiger partial charge is 0.417 e. The lowest BCUT2D eigenvalue weighted by Crippen LogP contribution is -2.07. The molecule has 78 valence electrons. The normalized spacial score (nSPS) is 11.1. The lowest BCUT2D eigenvalue weighted by Gasteiger charge is -2.11. The Morgan fingerprint density at radius 3 is 2.50 bits per heavy atom. The molecular formula is C9H10F3NO. The van der Waals surface area contributed by atoms with Crippen molar-refractivity contribution < 1.29 is 17.9 Å². The number of pyridine rings is 1. The van der Waals surface area contributed by atoms with Gasteiger partial charge in [0.05, 0.1) is 6.20 Å². The van der Waals surface area contributed by atoms with Gasteiger partial charge in [-0.1, -0.05) is 13.8 Å². The number of hydrogen-bond acceptors (Lipinski definition) is 2. The van der Waals surface area contributed by atoms with Crippen molar-refractivity contribution in [1.82, 2.24) is 4.98 Å². The highest BCUT2D eigenvalue weighted by molar-refractivity contribution is 5.29. The lowest BCUT2D eigenvalue weighted by atomic mass is 10.1.